The van der Waals surface area contributed by atoms with Crippen molar-refractivity contribution in [3.63, 3.8) is 0 Å². The smallest absolute Gasteiger partial charge is 0.223 e. The Hall–Kier alpha value is -1.55. The summed E-state index contributed by atoms with van der Waals surface area (Å²) in [5.74, 6) is 0.882. The van der Waals surface area contributed by atoms with Crippen LogP contribution in [0.5, 0.6) is 5.75 Å². The third-order valence-electron chi connectivity index (χ3n) is 2.97. The van der Waals surface area contributed by atoms with Gasteiger partial charge in [0, 0.05) is 0 Å². The molecule has 106 valence electrons. The molecule has 0 heterocycles. The molecule has 0 unspecified atom stereocenters. The maximum atomic E-state index is 11.7. The van der Waals surface area contributed by atoms with Gasteiger partial charge in [0.1, 0.15) is 5.75 Å². The van der Waals surface area contributed by atoms with E-state index < -0.39 is 0 Å². The number of rotatable bonds is 7. The topological polar surface area (TPSA) is 58.6 Å². The number of aliphatic hydroxyl groups is 1. The van der Waals surface area contributed by atoms with Crippen LogP contribution >= 0.6 is 0 Å². The molecule has 1 amide bonds. The van der Waals surface area contributed by atoms with Gasteiger partial charge in [0.25, 0.3) is 0 Å². The van der Waals surface area contributed by atoms with Gasteiger partial charge in [0.2, 0.25) is 5.91 Å². The lowest BCUT2D eigenvalue weighted by Crippen LogP contribution is -2.41. The van der Waals surface area contributed by atoms with Crippen molar-refractivity contribution in [2.75, 3.05) is 13.2 Å². The average molecular weight is 265 g/mol. The molecule has 0 radical (unpaired) electrons. The van der Waals surface area contributed by atoms with Gasteiger partial charge in [-0.1, -0.05) is 31.5 Å². The van der Waals surface area contributed by atoms with E-state index in [1.54, 1.807) is 0 Å². The minimum absolute atomic E-state index is 0.0395. The summed E-state index contributed by atoms with van der Waals surface area (Å²) in [5.41, 5.74) is 1.17. The summed E-state index contributed by atoms with van der Waals surface area (Å²) in [6.07, 6.45) is 0.289. The predicted molar refractivity (Wildman–Crippen MR) is 75.1 cm³/mol. The monoisotopic (exact) mass is 265 g/mol. The number of carbonyl (C=O) groups excluding carboxylic acids is 1. The first-order valence-electron chi connectivity index (χ1n) is 6.62. The molecule has 0 spiro atoms. The summed E-state index contributed by atoms with van der Waals surface area (Å²) in [6, 6.07) is 7.52. The Bertz CT molecular complexity index is 387. The fourth-order valence-corrected chi connectivity index (χ4v) is 1.60. The van der Waals surface area contributed by atoms with Crippen LogP contribution in [0.3, 0.4) is 0 Å². The van der Waals surface area contributed by atoms with Crippen LogP contribution in [-0.4, -0.2) is 30.3 Å². The van der Waals surface area contributed by atoms with E-state index in [2.05, 4.69) is 5.32 Å². The van der Waals surface area contributed by atoms with Crippen molar-refractivity contribution in [2.24, 2.45) is 5.92 Å². The fourth-order valence-electron chi connectivity index (χ4n) is 1.60. The van der Waals surface area contributed by atoms with E-state index in [0.29, 0.717) is 6.61 Å². The van der Waals surface area contributed by atoms with Crippen LogP contribution in [0.25, 0.3) is 0 Å². The van der Waals surface area contributed by atoms with Crippen molar-refractivity contribution in [1.29, 1.82) is 0 Å². The summed E-state index contributed by atoms with van der Waals surface area (Å²) < 4.78 is 5.48. The highest BCUT2D eigenvalue weighted by Gasteiger charge is 2.14. The first kappa shape index (κ1) is 15.5. The van der Waals surface area contributed by atoms with Gasteiger partial charge in [-0.2, -0.15) is 0 Å². The molecule has 0 saturated carbocycles. The van der Waals surface area contributed by atoms with Crippen LogP contribution in [0, 0.1) is 12.8 Å². The highest BCUT2D eigenvalue weighted by atomic mass is 16.5. The van der Waals surface area contributed by atoms with Gasteiger partial charge in [-0.05, 0) is 25.0 Å². The maximum absolute atomic E-state index is 11.7. The predicted octanol–water partition coefficient (Wildman–Crippen LogP) is 1.90. The highest BCUT2D eigenvalue weighted by molar-refractivity contribution is 5.76. The van der Waals surface area contributed by atoms with Crippen molar-refractivity contribution in [1.82, 2.24) is 5.32 Å². The summed E-state index contributed by atoms with van der Waals surface area (Å²) in [5, 5.41) is 11.9. The summed E-state index contributed by atoms with van der Waals surface area (Å²) in [6.45, 7) is 6.24. The molecule has 0 fully saturated rings. The molecule has 0 aliphatic heterocycles. The summed E-state index contributed by atoms with van der Waals surface area (Å²) >= 11 is 0. The molecule has 19 heavy (non-hydrogen) atoms. The first-order valence-corrected chi connectivity index (χ1v) is 6.62. The Balaban J connectivity index is 2.29. The van der Waals surface area contributed by atoms with Crippen LogP contribution in [-0.2, 0) is 4.79 Å². The SMILES string of the molecule is Cc1ccc(OCCC(=O)N[C@H](CO)C(C)C)cc1. The third kappa shape index (κ3) is 5.75. The Morgan fingerprint density at radius 1 is 1.32 bits per heavy atom. The minimum Gasteiger partial charge on any atom is -0.493 e. The van der Waals surface area contributed by atoms with Crippen molar-refractivity contribution in [3.05, 3.63) is 29.8 Å². The molecule has 0 saturated heterocycles. The van der Waals surface area contributed by atoms with Crippen molar-refractivity contribution in [2.45, 2.75) is 33.2 Å². The van der Waals surface area contributed by atoms with E-state index in [4.69, 9.17) is 9.84 Å². The van der Waals surface area contributed by atoms with Gasteiger partial charge >= 0.3 is 0 Å². The molecule has 0 aromatic heterocycles. The molecule has 0 aliphatic rings. The number of nitrogens with one attached hydrogen (secondary N) is 1. The van der Waals surface area contributed by atoms with E-state index in [1.807, 2.05) is 45.0 Å². The second kappa shape index (κ2) is 7.79. The van der Waals surface area contributed by atoms with Crippen molar-refractivity contribution < 1.29 is 14.6 Å². The molecule has 4 nitrogen and oxygen atoms in total. The normalized spacial score (nSPS) is 12.3. The molecule has 1 rings (SSSR count). The Kier molecular flexibility index (Phi) is 6.36. The highest BCUT2D eigenvalue weighted by Crippen LogP contribution is 2.11. The van der Waals surface area contributed by atoms with Gasteiger partial charge in [-0.25, -0.2) is 0 Å². The number of hydrogen-bond donors (Lipinski definition) is 2. The molecule has 1 aromatic carbocycles. The molecular formula is C15H23NO3. The number of amides is 1. The number of benzene rings is 1. The van der Waals surface area contributed by atoms with Gasteiger partial charge in [-0.15, -0.1) is 0 Å². The second-order valence-corrected chi connectivity index (χ2v) is 5.01. The number of ether oxygens (including phenoxy) is 1. The second-order valence-electron chi connectivity index (χ2n) is 5.01. The van der Waals surface area contributed by atoms with Crippen LogP contribution in [0.4, 0.5) is 0 Å². The fraction of sp³-hybridized carbons (Fsp3) is 0.533. The van der Waals surface area contributed by atoms with Crippen LogP contribution in [0.2, 0.25) is 0 Å². The summed E-state index contributed by atoms with van der Waals surface area (Å²) in [7, 11) is 0. The average Bonchev–Trinajstić information content (AvgIpc) is 2.38. The van der Waals surface area contributed by atoms with E-state index in [-0.39, 0.29) is 30.9 Å². The van der Waals surface area contributed by atoms with Gasteiger partial charge in [-0.3, -0.25) is 4.79 Å². The van der Waals surface area contributed by atoms with E-state index in [9.17, 15) is 4.79 Å². The quantitative estimate of drug-likeness (QED) is 0.791. The number of hydrogen-bond acceptors (Lipinski definition) is 3. The minimum atomic E-state index is -0.188. The van der Waals surface area contributed by atoms with E-state index >= 15 is 0 Å². The molecule has 1 aromatic rings. The molecule has 0 bridgehead atoms. The zero-order valence-corrected chi connectivity index (χ0v) is 11.8. The van der Waals surface area contributed by atoms with E-state index in [1.165, 1.54) is 5.56 Å². The van der Waals surface area contributed by atoms with Crippen molar-refractivity contribution in [3.8, 4) is 5.75 Å². The number of aliphatic hydroxyl groups excluding tert-OH is 1. The lowest BCUT2D eigenvalue weighted by atomic mass is 10.1. The first-order chi connectivity index (χ1) is 9.02. The Morgan fingerprint density at radius 3 is 2.47 bits per heavy atom. The lowest BCUT2D eigenvalue weighted by molar-refractivity contribution is -0.122. The molecule has 0 aliphatic carbocycles. The molecule has 1 atom stereocenters. The van der Waals surface area contributed by atoms with Gasteiger partial charge in [0.05, 0.1) is 25.7 Å². The van der Waals surface area contributed by atoms with Crippen LogP contribution in [0.15, 0.2) is 24.3 Å². The molecule has 2 N–H and O–H groups in total. The zero-order valence-electron chi connectivity index (χ0n) is 11.8. The van der Waals surface area contributed by atoms with Crippen molar-refractivity contribution >= 4 is 5.91 Å². The van der Waals surface area contributed by atoms with E-state index in [0.717, 1.165) is 5.75 Å². The zero-order chi connectivity index (χ0) is 14.3. The lowest BCUT2D eigenvalue weighted by Gasteiger charge is -2.19. The number of aryl methyl sites for hydroxylation is 1. The maximum Gasteiger partial charge on any atom is 0.223 e. The van der Waals surface area contributed by atoms with Gasteiger partial charge < -0.3 is 15.2 Å². The molecule has 4 heteroatoms. The largest absolute Gasteiger partial charge is 0.493 e. The van der Waals surface area contributed by atoms with Crippen LogP contribution < -0.4 is 10.1 Å². The van der Waals surface area contributed by atoms with Gasteiger partial charge in [0.15, 0.2) is 0 Å². The third-order valence-corrected chi connectivity index (χ3v) is 2.97. The Labute approximate surface area is 114 Å². The van der Waals surface area contributed by atoms with Crippen LogP contribution in [0.1, 0.15) is 25.8 Å². The summed E-state index contributed by atoms with van der Waals surface area (Å²) in [4.78, 5) is 11.7. The standard InChI is InChI=1S/C15H23NO3/c1-11(2)14(10-17)16-15(18)8-9-19-13-6-4-12(3)5-7-13/h4-7,11,14,17H,8-10H2,1-3H3,(H,16,18)/t14-/m1/s1. The molecular weight excluding hydrogens is 242 g/mol. The Morgan fingerprint density at radius 2 is 1.95 bits per heavy atom. The number of carbonyl (C=O) groups is 1.